The van der Waals surface area contributed by atoms with Crippen molar-refractivity contribution in [2.24, 2.45) is 0 Å². The minimum absolute atomic E-state index is 0.0682. The molecule has 2 aromatic heterocycles. The van der Waals surface area contributed by atoms with Gasteiger partial charge in [0.05, 0.1) is 16.6 Å². The highest BCUT2D eigenvalue weighted by atomic mass is 32.1. The Balaban J connectivity index is 2.01. The molecule has 0 saturated heterocycles. The molecular formula is C14H11FN2OS. The first-order valence-electron chi connectivity index (χ1n) is 5.93. The van der Waals surface area contributed by atoms with Crippen LogP contribution in [0.4, 0.5) is 4.39 Å². The van der Waals surface area contributed by atoms with Gasteiger partial charge >= 0.3 is 0 Å². The third kappa shape index (κ3) is 2.17. The molecule has 3 rings (SSSR count). The van der Waals surface area contributed by atoms with Crippen LogP contribution in [-0.2, 0) is 6.54 Å². The van der Waals surface area contributed by atoms with Gasteiger partial charge in [0.15, 0.2) is 0 Å². The number of nitrogens with zero attached hydrogens (tertiary/aromatic N) is 2. The van der Waals surface area contributed by atoms with Crippen molar-refractivity contribution in [3.8, 4) is 0 Å². The number of halogens is 1. The van der Waals surface area contributed by atoms with E-state index in [1.54, 1.807) is 29.2 Å². The third-order valence-corrected chi connectivity index (χ3v) is 4.04. The molecule has 0 bridgehead atoms. The summed E-state index contributed by atoms with van der Waals surface area (Å²) in [7, 11) is 0. The van der Waals surface area contributed by atoms with Gasteiger partial charge in [-0.05, 0) is 36.6 Å². The van der Waals surface area contributed by atoms with E-state index in [1.807, 2.05) is 6.92 Å². The van der Waals surface area contributed by atoms with Gasteiger partial charge in [-0.1, -0.05) is 0 Å². The fourth-order valence-corrected chi connectivity index (χ4v) is 2.93. The van der Waals surface area contributed by atoms with Gasteiger partial charge in [0, 0.05) is 17.4 Å². The Morgan fingerprint density at radius 2 is 2.26 bits per heavy atom. The topological polar surface area (TPSA) is 34.9 Å². The van der Waals surface area contributed by atoms with Crippen molar-refractivity contribution < 1.29 is 9.18 Å². The van der Waals surface area contributed by atoms with Gasteiger partial charge in [-0.2, -0.15) is 5.10 Å². The second kappa shape index (κ2) is 4.59. The molecule has 3 nitrogen and oxygen atoms in total. The van der Waals surface area contributed by atoms with Gasteiger partial charge in [0.1, 0.15) is 5.82 Å². The Labute approximate surface area is 113 Å². The van der Waals surface area contributed by atoms with Crippen molar-refractivity contribution in [2.45, 2.75) is 13.5 Å². The van der Waals surface area contributed by atoms with Crippen LogP contribution >= 0.6 is 11.3 Å². The predicted octanol–water partition coefficient (Wildman–Crippen LogP) is 3.49. The SMILES string of the molecule is CCn1cc(C(=O)c2cc3cc(F)ccc3s2)cn1. The summed E-state index contributed by atoms with van der Waals surface area (Å²) in [6.45, 7) is 2.69. The molecule has 5 heteroatoms. The van der Waals surface area contributed by atoms with Crippen LogP contribution in [0, 0.1) is 5.82 Å². The van der Waals surface area contributed by atoms with Gasteiger partial charge in [-0.25, -0.2) is 4.39 Å². The molecule has 0 unspecified atom stereocenters. The Hall–Kier alpha value is -2.01. The Bertz CT molecular complexity index is 760. The second-order valence-corrected chi connectivity index (χ2v) is 5.29. The van der Waals surface area contributed by atoms with Crippen LogP contribution < -0.4 is 0 Å². The standard InChI is InChI=1S/C14H11FN2OS/c1-2-17-8-10(7-16-17)14(18)13-6-9-5-11(15)3-4-12(9)19-13/h3-8H,2H2,1H3. The van der Waals surface area contributed by atoms with Crippen LogP contribution in [0.1, 0.15) is 22.2 Å². The molecule has 0 saturated carbocycles. The van der Waals surface area contributed by atoms with E-state index in [0.717, 1.165) is 16.6 Å². The van der Waals surface area contributed by atoms with Crippen LogP contribution in [0.15, 0.2) is 36.7 Å². The summed E-state index contributed by atoms with van der Waals surface area (Å²) >= 11 is 1.37. The predicted molar refractivity (Wildman–Crippen MR) is 73.1 cm³/mol. The molecule has 96 valence electrons. The number of carbonyl (C=O) groups excluding carboxylic acids is 1. The number of hydrogen-bond acceptors (Lipinski definition) is 3. The zero-order chi connectivity index (χ0) is 13.4. The minimum atomic E-state index is -0.289. The lowest BCUT2D eigenvalue weighted by Gasteiger charge is -1.92. The molecule has 0 aliphatic rings. The van der Waals surface area contributed by atoms with Crippen molar-refractivity contribution in [2.75, 3.05) is 0 Å². The molecule has 0 atom stereocenters. The number of hydrogen-bond donors (Lipinski definition) is 0. The number of carbonyl (C=O) groups is 1. The van der Waals surface area contributed by atoms with E-state index >= 15 is 0 Å². The Kier molecular flexibility index (Phi) is 2.91. The van der Waals surface area contributed by atoms with E-state index in [-0.39, 0.29) is 11.6 Å². The molecule has 0 aliphatic carbocycles. The van der Waals surface area contributed by atoms with E-state index in [4.69, 9.17) is 0 Å². The lowest BCUT2D eigenvalue weighted by Crippen LogP contribution is -1.97. The monoisotopic (exact) mass is 274 g/mol. The molecule has 0 aliphatic heterocycles. The zero-order valence-electron chi connectivity index (χ0n) is 10.3. The maximum absolute atomic E-state index is 13.1. The number of thiophene rings is 1. The van der Waals surface area contributed by atoms with Gasteiger partial charge in [-0.15, -0.1) is 11.3 Å². The average molecular weight is 274 g/mol. The van der Waals surface area contributed by atoms with Crippen molar-refractivity contribution in [3.05, 3.63) is 52.9 Å². The highest BCUT2D eigenvalue weighted by molar-refractivity contribution is 7.21. The fraction of sp³-hybridized carbons (Fsp3) is 0.143. The highest BCUT2D eigenvalue weighted by Gasteiger charge is 2.14. The number of fused-ring (bicyclic) bond motifs is 1. The first-order valence-corrected chi connectivity index (χ1v) is 6.75. The minimum Gasteiger partial charge on any atom is -0.288 e. The van der Waals surface area contributed by atoms with Gasteiger partial charge in [-0.3, -0.25) is 9.48 Å². The second-order valence-electron chi connectivity index (χ2n) is 4.21. The largest absolute Gasteiger partial charge is 0.288 e. The summed E-state index contributed by atoms with van der Waals surface area (Å²) in [4.78, 5) is 12.9. The summed E-state index contributed by atoms with van der Waals surface area (Å²) < 4.78 is 15.7. The van der Waals surface area contributed by atoms with E-state index in [0.29, 0.717) is 10.4 Å². The number of aryl methyl sites for hydroxylation is 1. The summed E-state index contributed by atoms with van der Waals surface area (Å²) in [6.07, 6.45) is 3.30. The van der Waals surface area contributed by atoms with Crippen molar-refractivity contribution in [1.29, 1.82) is 0 Å². The highest BCUT2D eigenvalue weighted by Crippen LogP contribution is 2.27. The average Bonchev–Trinajstić information content (AvgIpc) is 3.03. The Morgan fingerprint density at radius 1 is 1.42 bits per heavy atom. The molecular weight excluding hydrogens is 263 g/mol. The van der Waals surface area contributed by atoms with Gasteiger partial charge in [0.2, 0.25) is 5.78 Å². The summed E-state index contributed by atoms with van der Waals surface area (Å²) in [5.74, 6) is -0.357. The lowest BCUT2D eigenvalue weighted by atomic mass is 10.2. The number of benzene rings is 1. The molecule has 19 heavy (non-hydrogen) atoms. The van der Waals surface area contributed by atoms with Crippen LogP contribution in [0.25, 0.3) is 10.1 Å². The van der Waals surface area contributed by atoms with Gasteiger partial charge in [0.25, 0.3) is 0 Å². The summed E-state index contributed by atoms with van der Waals surface area (Å²) in [5, 5.41) is 4.85. The molecule has 1 aromatic carbocycles. The van der Waals surface area contributed by atoms with Crippen LogP contribution in [0.2, 0.25) is 0 Å². The maximum atomic E-state index is 13.1. The first kappa shape index (κ1) is 12.0. The van der Waals surface area contributed by atoms with Gasteiger partial charge < -0.3 is 0 Å². The quantitative estimate of drug-likeness (QED) is 0.685. The van der Waals surface area contributed by atoms with Crippen molar-refractivity contribution >= 4 is 27.2 Å². The molecule has 0 fully saturated rings. The van der Waals surface area contributed by atoms with E-state index < -0.39 is 0 Å². The Morgan fingerprint density at radius 3 is 3.00 bits per heavy atom. The molecule has 0 spiro atoms. The molecule has 0 N–H and O–H groups in total. The van der Waals surface area contributed by atoms with Crippen molar-refractivity contribution in [1.82, 2.24) is 9.78 Å². The number of rotatable bonds is 3. The third-order valence-electron chi connectivity index (χ3n) is 2.92. The van der Waals surface area contributed by atoms with Crippen molar-refractivity contribution in [3.63, 3.8) is 0 Å². The number of ketones is 1. The number of aromatic nitrogens is 2. The molecule has 2 heterocycles. The molecule has 0 radical (unpaired) electrons. The lowest BCUT2D eigenvalue weighted by molar-refractivity contribution is 0.104. The van der Waals surface area contributed by atoms with Crippen LogP contribution in [0.3, 0.4) is 0 Å². The first-order chi connectivity index (χ1) is 9.17. The summed E-state index contributed by atoms with van der Waals surface area (Å²) in [5.41, 5.74) is 0.564. The zero-order valence-corrected chi connectivity index (χ0v) is 11.1. The normalized spacial score (nSPS) is 11.1. The van der Waals surface area contributed by atoms with E-state index in [2.05, 4.69) is 5.10 Å². The molecule has 0 amide bonds. The summed E-state index contributed by atoms with van der Waals surface area (Å²) in [6, 6.07) is 6.27. The fourth-order valence-electron chi connectivity index (χ4n) is 1.92. The van der Waals surface area contributed by atoms with Crippen LogP contribution in [0.5, 0.6) is 0 Å². The van der Waals surface area contributed by atoms with Crippen LogP contribution in [-0.4, -0.2) is 15.6 Å². The molecule has 3 aromatic rings. The maximum Gasteiger partial charge on any atom is 0.206 e. The van der Waals surface area contributed by atoms with E-state index in [1.165, 1.54) is 23.5 Å². The van der Waals surface area contributed by atoms with E-state index in [9.17, 15) is 9.18 Å². The smallest absolute Gasteiger partial charge is 0.206 e.